The average molecular weight is 479 g/mol. The molecular formula is C30H54O4. The van der Waals surface area contributed by atoms with Gasteiger partial charge in [0, 0.05) is 0 Å². The Kier molecular flexibility index (Phi) is 24.8. The number of aliphatic carboxylic acids is 1. The van der Waals surface area contributed by atoms with E-state index in [1.165, 1.54) is 109 Å². The smallest absolute Gasteiger partial charge is 0.307 e. The molecule has 0 saturated carbocycles. The Bertz CT molecular complexity index is 512. The van der Waals surface area contributed by atoms with Gasteiger partial charge in [-0.1, -0.05) is 134 Å². The zero-order valence-electron chi connectivity index (χ0n) is 22.2. The lowest BCUT2D eigenvalue weighted by Gasteiger charge is -2.11. The van der Waals surface area contributed by atoms with Crippen molar-refractivity contribution in [2.75, 3.05) is 6.61 Å². The van der Waals surface area contributed by atoms with Crippen LogP contribution in [0.5, 0.6) is 0 Å². The number of carboxylic acids is 1. The van der Waals surface area contributed by atoms with Crippen LogP contribution in [0.2, 0.25) is 0 Å². The number of carbonyl (C=O) groups is 2. The van der Waals surface area contributed by atoms with Gasteiger partial charge in [0.25, 0.3) is 0 Å². The first-order valence-corrected chi connectivity index (χ1v) is 14.3. The molecule has 0 aromatic rings. The molecule has 0 heterocycles. The van der Waals surface area contributed by atoms with E-state index in [-0.39, 0.29) is 13.0 Å². The van der Waals surface area contributed by atoms with Gasteiger partial charge >= 0.3 is 11.9 Å². The highest BCUT2D eigenvalue weighted by atomic mass is 16.5. The second-order valence-electron chi connectivity index (χ2n) is 9.71. The van der Waals surface area contributed by atoms with Gasteiger partial charge in [-0.25, -0.2) is 0 Å². The maximum absolute atomic E-state index is 11.6. The summed E-state index contributed by atoms with van der Waals surface area (Å²) in [6.45, 7) is 5.88. The first-order valence-electron chi connectivity index (χ1n) is 14.3. The van der Waals surface area contributed by atoms with Crippen molar-refractivity contribution >= 4 is 11.9 Å². The van der Waals surface area contributed by atoms with E-state index in [4.69, 9.17) is 4.74 Å². The standard InChI is InChI=1S/C30H54O4/c1-3-5-6-7-8-9-10-11-12-13-14-15-16-17-18-19-20-21-22-23-24-25-28(30(32)33)27-29(31)34-26-4-2/h4,7-8,28H,2-3,5-6,9-27H2,1H3,(H,32,33)/b8-7+. The molecule has 0 aromatic heterocycles. The van der Waals surface area contributed by atoms with Crippen molar-refractivity contribution in [3.63, 3.8) is 0 Å². The minimum atomic E-state index is -0.902. The molecule has 0 aliphatic rings. The third-order valence-electron chi connectivity index (χ3n) is 6.44. The van der Waals surface area contributed by atoms with E-state index >= 15 is 0 Å². The summed E-state index contributed by atoms with van der Waals surface area (Å²) in [4.78, 5) is 22.9. The lowest BCUT2D eigenvalue weighted by molar-refractivity contribution is -0.151. The molecule has 0 bridgehead atoms. The van der Waals surface area contributed by atoms with Gasteiger partial charge in [-0.05, 0) is 25.7 Å². The van der Waals surface area contributed by atoms with Crippen LogP contribution < -0.4 is 0 Å². The molecule has 1 unspecified atom stereocenters. The SMILES string of the molecule is C=CCOC(=O)CC(CCCCCCCCCCCCCCCCC/C=C/CCCC)C(=O)O. The number of hydrogen-bond donors (Lipinski definition) is 1. The third-order valence-corrected chi connectivity index (χ3v) is 6.44. The normalized spacial score (nSPS) is 12.1. The van der Waals surface area contributed by atoms with Gasteiger partial charge in [0.15, 0.2) is 0 Å². The molecular weight excluding hydrogens is 424 g/mol. The Morgan fingerprint density at radius 2 is 1.18 bits per heavy atom. The fraction of sp³-hybridized carbons (Fsp3) is 0.800. The van der Waals surface area contributed by atoms with Crippen LogP contribution in [-0.2, 0) is 14.3 Å². The zero-order chi connectivity index (χ0) is 25.1. The molecule has 0 amide bonds. The van der Waals surface area contributed by atoms with Crippen molar-refractivity contribution in [2.45, 2.75) is 142 Å². The van der Waals surface area contributed by atoms with Gasteiger partial charge in [-0.3, -0.25) is 9.59 Å². The van der Waals surface area contributed by atoms with Crippen LogP contribution in [-0.4, -0.2) is 23.7 Å². The Hall–Kier alpha value is -1.58. The van der Waals surface area contributed by atoms with Crippen molar-refractivity contribution in [2.24, 2.45) is 5.92 Å². The number of unbranched alkanes of at least 4 members (excludes halogenated alkanes) is 17. The Morgan fingerprint density at radius 3 is 1.62 bits per heavy atom. The Morgan fingerprint density at radius 1 is 0.735 bits per heavy atom. The summed E-state index contributed by atoms with van der Waals surface area (Å²) in [6, 6.07) is 0. The summed E-state index contributed by atoms with van der Waals surface area (Å²) < 4.78 is 4.90. The number of ether oxygens (including phenoxy) is 1. The van der Waals surface area contributed by atoms with Crippen LogP contribution in [0, 0.1) is 5.92 Å². The van der Waals surface area contributed by atoms with Crippen LogP contribution in [0.3, 0.4) is 0 Å². The van der Waals surface area contributed by atoms with E-state index in [2.05, 4.69) is 25.7 Å². The van der Waals surface area contributed by atoms with E-state index in [0.29, 0.717) is 6.42 Å². The van der Waals surface area contributed by atoms with Crippen LogP contribution in [0.1, 0.15) is 142 Å². The monoisotopic (exact) mass is 478 g/mol. The molecule has 0 spiro atoms. The quantitative estimate of drug-likeness (QED) is 0.0764. The molecule has 4 heteroatoms. The van der Waals surface area contributed by atoms with Gasteiger partial charge in [-0.2, -0.15) is 0 Å². The molecule has 0 saturated heterocycles. The lowest BCUT2D eigenvalue weighted by atomic mass is 9.97. The van der Waals surface area contributed by atoms with Crippen LogP contribution >= 0.6 is 0 Å². The molecule has 0 aromatic carbocycles. The van der Waals surface area contributed by atoms with Crippen LogP contribution in [0.4, 0.5) is 0 Å². The Balaban J connectivity index is 3.37. The number of hydrogen-bond acceptors (Lipinski definition) is 3. The molecule has 0 fully saturated rings. The van der Waals surface area contributed by atoms with E-state index < -0.39 is 17.9 Å². The minimum Gasteiger partial charge on any atom is -0.481 e. The zero-order valence-corrected chi connectivity index (χ0v) is 22.2. The highest BCUT2D eigenvalue weighted by Gasteiger charge is 2.21. The van der Waals surface area contributed by atoms with Gasteiger partial charge in [0.05, 0.1) is 12.3 Å². The highest BCUT2D eigenvalue weighted by Crippen LogP contribution is 2.18. The van der Waals surface area contributed by atoms with Crippen molar-refractivity contribution in [3.05, 3.63) is 24.8 Å². The molecule has 1 N–H and O–H groups in total. The number of allylic oxidation sites excluding steroid dienone is 2. The Labute approximate surface area is 210 Å². The van der Waals surface area contributed by atoms with E-state index in [0.717, 1.165) is 19.3 Å². The second kappa shape index (κ2) is 26.0. The predicted molar refractivity (Wildman–Crippen MR) is 144 cm³/mol. The summed E-state index contributed by atoms with van der Waals surface area (Å²) in [7, 11) is 0. The van der Waals surface area contributed by atoms with E-state index in [1.807, 2.05) is 0 Å². The highest BCUT2D eigenvalue weighted by molar-refractivity contribution is 5.78. The first-order chi connectivity index (χ1) is 16.6. The van der Waals surface area contributed by atoms with Crippen molar-refractivity contribution < 1.29 is 19.4 Å². The molecule has 198 valence electrons. The van der Waals surface area contributed by atoms with Crippen LogP contribution in [0.25, 0.3) is 0 Å². The number of carboxylic acid groups (broad SMARTS) is 1. The topological polar surface area (TPSA) is 63.6 Å². The second-order valence-corrected chi connectivity index (χ2v) is 9.71. The van der Waals surface area contributed by atoms with Gasteiger partial charge in [-0.15, -0.1) is 0 Å². The molecule has 0 aliphatic heterocycles. The number of rotatable bonds is 26. The summed E-state index contributed by atoms with van der Waals surface area (Å²) >= 11 is 0. The maximum atomic E-state index is 11.6. The van der Waals surface area contributed by atoms with E-state index in [9.17, 15) is 14.7 Å². The molecule has 0 radical (unpaired) electrons. The molecule has 34 heavy (non-hydrogen) atoms. The van der Waals surface area contributed by atoms with Gasteiger partial charge in [0.2, 0.25) is 0 Å². The molecule has 0 rings (SSSR count). The average Bonchev–Trinajstić information content (AvgIpc) is 2.82. The lowest BCUT2D eigenvalue weighted by Crippen LogP contribution is -2.19. The summed E-state index contributed by atoms with van der Waals surface area (Å²) in [5, 5.41) is 9.28. The van der Waals surface area contributed by atoms with Crippen molar-refractivity contribution in [3.8, 4) is 0 Å². The molecule has 0 aliphatic carbocycles. The third kappa shape index (κ3) is 23.6. The summed E-state index contributed by atoms with van der Waals surface area (Å²) in [5.41, 5.74) is 0. The van der Waals surface area contributed by atoms with Crippen LogP contribution in [0.15, 0.2) is 24.8 Å². The fourth-order valence-electron chi connectivity index (χ4n) is 4.23. The maximum Gasteiger partial charge on any atom is 0.307 e. The summed E-state index contributed by atoms with van der Waals surface area (Å²) in [5.74, 6) is -1.98. The number of carbonyl (C=O) groups excluding carboxylic acids is 1. The van der Waals surface area contributed by atoms with Gasteiger partial charge in [0.1, 0.15) is 6.61 Å². The molecule has 1 atom stereocenters. The number of esters is 1. The van der Waals surface area contributed by atoms with Crippen molar-refractivity contribution in [1.29, 1.82) is 0 Å². The fourth-order valence-corrected chi connectivity index (χ4v) is 4.23. The first kappa shape index (κ1) is 32.4. The van der Waals surface area contributed by atoms with E-state index in [1.54, 1.807) is 0 Å². The van der Waals surface area contributed by atoms with Gasteiger partial charge < -0.3 is 9.84 Å². The van der Waals surface area contributed by atoms with Crippen molar-refractivity contribution in [1.82, 2.24) is 0 Å². The molecule has 4 nitrogen and oxygen atoms in total. The minimum absolute atomic E-state index is 0.0417. The predicted octanol–water partition coefficient (Wildman–Crippen LogP) is 9.18. The summed E-state index contributed by atoms with van der Waals surface area (Å²) in [6.07, 6.45) is 31.2. The largest absolute Gasteiger partial charge is 0.481 e.